The monoisotopic (exact) mass is 790 g/mol. The molecule has 0 bridgehead atoms. The number of fused-ring (bicyclic) bond motifs is 7. The van der Waals surface area contributed by atoms with Crippen molar-refractivity contribution in [3.05, 3.63) is 47.5 Å². The molecule has 12 heteroatoms. The number of methoxy groups -OCH3 is 1. The van der Waals surface area contributed by atoms with E-state index in [0.717, 1.165) is 12.7 Å². The molecule has 9 nitrogen and oxygen atoms in total. The van der Waals surface area contributed by atoms with Crippen LogP contribution in [0.5, 0.6) is 0 Å². The molecular formula is C44H61F3O9. The summed E-state index contributed by atoms with van der Waals surface area (Å²) in [5, 5.41) is 23.9. The van der Waals surface area contributed by atoms with E-state index in [9.17, 15) is 24.6 Å². The molecule has 1 aromatic rings. The Morgan fingerprint density at radius 3 is 2.09 bits per heavy atom. The van der Waals surface area contributed by atoms with E-state index >= 15 is 13.2 Å². The van der Waals surface area contributed by atoms with Gasteiger partial charge in [0.05, 0.1) is 18.8 Å². The summed E-state index contributed by atoms with van der Waals surface area (Å²) in [7, 11) is 0.862. The van der Waals surface area contributed by atoms with Crippen LogP contribution in [0.15, 0.2) is 42.0 Å². The molecular weight excluding hydrogens is 729 g/mol. The van der Waals surface area contributed by atoms with Gasteiger partial charge in [0.2, 0.25) is 0 Å². The van der Waals surface area contributed by atoms with E-state index < -0.39 is 98.6 Å². The number of hydrogen-bond acceptors (Lipinski definition) is 9. The summed E-state index contributed by atoms with van der Waals surface area (Å²) in [4.78, 5) is 39.1. The molecule has 0 amide bonds. The second-order valence-corrected chi connectivity index (χ2v) is 19.3. The molecule has 0 spiro atoms. The van der Waals surface area contributed by atoms with Crippen LogP contribution in [0.1, 0.15) is 106 Å². The van der Waals surface area contributed by atoms with E-state index in [1.807, 2.05) is 27.7 Å². The van der Waals surface area contributed by atoms with E-state index in [1.54, 1.807) is 6.07 Å². The third-order valence-corrected chi connectivity index (χ3v) is 16.1. The number of halogens is 3. The lowest BCUT2D eigenvalue weighted by molar-refractivity contribution is -0.281. The Bertz CT molecular complexity index is 1730. The second kappa shape index (κ2) is 14.1. The Balaban J connectivity index is 1.51. The number of esters is 3. The number of carbonyl (C=O) groups is 3. The van der Waals surface area contributed by atoms with Gasteiger partial charge in [-0.2, -0.15) is 13.2 Å². The summed E-state index contributed by atoms with van der Waals surface area (Å²) >= 11 is 0. The fourth-order valence-electron chi connectivity index (χ4n) is 13.5. The van der Waals surface area contributed by atoms with Gasteiger partial charge in [-0.3, -0.25) is 9.59 Å². The van der Waals surface area contributed by atoms with Crippen molar-refractivity contribution in [1.29, 1.82) is 0 Å². The van der Waals surface area contributed by atoms with Crippen molar-refractivity contribution in [2.75, 3.05) is 13.7 Å². The van der Waals surface area contributed by atoms with Crippen molar-refractivity contribution < 1.29 is 56.7 Å². The zero-order chi connectivity index (χ0) is 41.6. The van der Waals surface area contributed by atoms with Crippen molar-refractivity contribution in [2.45, 2.75) is 137 Å². The molecule has 0 saturated heterocycles. The molecule has 5 aliphatic carbocycles. The molecule has 13 atom stereocenters. The molecule has 0 radical (unpaired) electrons. The van der Waals surface area contributed by atoms with Gasteiger partial charge in [0.1, 0.15) is 12.2 Å². The molecule has 2 N–H and O–H groups in total. The first-order chi connectivity index (χ1) is 25.9. The first kappa shape index (κ1) is 42.6. The third-order valence-electron chi connectivity index (χ3n) is 16.1. The molecule has 56 heavy (non-hydrogen) atoms. The van der Waals surface area contributed by atoms with Crippen LogP contribution in [0.25, 0.3) is 0 Å². The lowest BCUT2D eigenvalue weighted by Crippen LogP contribution is -2.68. The fourth-order valence-corrected chi connectivity index (χ4v) is 13.5. The summed E-state index contributed by atoms with van der Waals surface area (Å²) in [6.45, 7) is 17.1. The SMILES string of the molecule is CO[C@](C(=O)O[C@@H]1C[C@@H](C(C)C)[C@]2(COC(C)=O)CC[C@@]3(C)[C@H]4C(=CC[C@]3(C)[C@@H]12)[C@@]1(C)C[C@@H](OC(C)=O)[C@H](O)C(C)(C)[C@@H]1C[C@@H]4O)(c1ccccc1)C(F)(F)F. The number of aliphatic hydroxyl groups excluding tert-OH is 2. The van der Waals surface area contributed by atoms with Crippen molar-refractivity contribution in [3.8, 4) is 0 Å². The van der Waals surface area contributed by atoms with Crippen LogP contribution in [-0.2, 0) is 38.9 Å². The number of rotatable bonds is 8. The van der Waals surface area contributed by atoms with Gasteiger partial charge in [-0.25, -0.2) is 4.79 Å². The van der Waals surface area contributed by atoms with Gasteiger partial charge in [0, 0.05) is 43.8 Å². The topological polar surface area (TPSA) is 129 Å². The van der Waals surface area contributed by atoms with E-state index in [-0.39, 0.29) is 30.8 Å². The molecule has 0 aromatic heterocycles. The predicted octanol–water partition coefficient (Wildman–Crippen LogP) is 7.71. The maximum atomic E-state index is 15.2. The third kappa shape index (κ3) is 5.99. The van der Waals surface area contributed by atoms with Crippen LogP contribution in [0.3, 0.4) is 0 Å². The van der Waals surface area contributed by atoms with Gasteiger partial charge in [0.25, 0.3) is 5.60 Å². The van der Waals surface area contributed by atoms with E-state index in [4.69, 9.17) is 18.9 Å². The lowest BCUT2D eigenvalue weighted by Gasteiger charge is -2.70. The van der Waals surface area contributed by atoms with Gasteiger partial charge in [-0.05, 0) is 77.9 Å². The van der Waals surface area contributed by atoms with Crippen LogP contribution in [-0.4, -0.2) is 72.4 Å². The minimum Gasteiger partial charge on any atom is -0.465 e. The van der Waals surface area contributed by atoms with Gasteiger partial charge in [0.15, 0.2) is 0 Å². The highest BCUT2D eigenvalue weighted by Gasteiger charge is 2.75. The predicted molar refractivity (Wildman–Crippen MR) is 200 cm³/mol. The Morgan fingerprint density at radius 2 is 1.54 bits per heavy atom. The molecule has 4 fully saturated rings. The minimum atomic E-state index is -5.16. The summed E-state index contributed by atoms with van der Waals surface area (Å²) in [6.07, 6.45) is -3.93. The highest BCUT2D eigenvalue weighted by molar-refractivity contribution is 5.83. The molecule has 1 aromatic carbocycles. The number of aliphatic hydroxyl groups is 2. The molecule has 0 aliphatic heterocycles. The van der Waals surface area contributed by atoms with Crippen molar-refractivity contribution in [3.63, 3.8) is 0 Å². The number of ether oxygens (including phenoxy) is 4. The minimum absolute atomic E-state index is 0.00243. The van der Waals surface area contributed by atoms with Crippen LogP contribution in [0.4, 0.5) is 13.2 Å². The molecule has 6 rings (SSSR count). The highest BCUT2D eigenvalue weighted by Crippen LogP contribution is 2.77. The number of carbonyl (C=O) groups excluding carboxylic acids is 3. The van der Waals surface area contributed by atoms with Crippen LogP contribution < -0.4 is 0 Å². The quantitative estimate of drug-likeness (QED) is 0.155. The van der Waals surface area contributed by atoms with Crippen LogP contribution in [0, 0.1) is 56.7 Å². The number of hydrogen-bond donors (Lipinski definition) is 2. The molecule has 4 saturated carbocycles. The van der Waals surface area contributed by atoms with Crippen molar-refractivity contribution in [1.82, 2.24) is 0 Å². The lowest BCUT2D eigenvalue weighted by atomic mass is 9.35. The summed E-state index contributed by atoms with van der Waals surface area (Å²) in [5.41, 5.74) is -6.20. The van der Waals surface area contributed by atoms with E-state index in [0.29, 0.717) is 32.1 Å². The first-order valence-electron chi connectivity index (χ1n) is 20.1. The Kier molecular flexibility index (Phi) is 10.7. The van der Waals surface area contributed by atoms with Gasteiger partial charge >= 0.3 is 24.1 Å². The number of allylic oxidation sites excluding steroid dienone is 1. The molecule has 0 unspecified atom stereocenters. The number of alkyl halides is 3. The zero-order valence-electron chi connectivity index (χ0n) is 34.5. The van der Waals surface area contributed by atoms with Crippen LogP contribution in [0.2, 0.25) is 0 Å². The first-order valence-corrected chi connectivity index (χ1v) is 20.1. The Hall–Kier alpha value is -2.96. The Morgan fingerprint density at radius 1 is 0.893 bits per heavy atom. The maximum absolute atomic E-state index is 15.2. The Labute approximate surface area is 329 Å². The molecule has 0 heterocycles. The summed E-state index contributed by atoms with van der Waals surface area (Å²) < 4.78 is 68.7. The maximum Gasteiger partial charge on any atom is 0.432 e. The fraction of sp³-hybridized carbons (Fsp3) is 0.750. The van der Waals surface area contributed by atoms with E-state index in [1.165, 1.54) is 38.1 Å². The molecule has 5 aliphatic rings. The van der Waals surface area contributed by atoms with Crippen LogP contribution >= 0.6 is 0 Å². The van der Waals surface area contributed by atoms with Gasteiger partial charge < -0.3 is 29.2 Å². The zero-order valence-corrected chi connectivity index (χ0v) is 34.5. The number of benzene rings is 1. The highest BCUT2D eigenvalue weighted by atomic mass is 19.4. The second-order valence-electron chi connectivity index (χ2n) is 19.3. The van der Waals surface area contributed by atoms with Gasteiger partial charge in [-0.15, -0.1) is 0 Å². The average molecular weight is 791 g/mol. The summed E-state index contributed by atoms with van der Waals surface area (Å²) in [5.74, 6) is -3.81. The van der Waals surface area contributed by atoms with E-state index in [2.05, 4.69) is 26.8 Å². The summed E-state index contributed by atoms with van der Waals surface area (Å²) in [6, 6.07) is 6.80. The van der Waals surface area contributed by atoms with Crippen molar-refractivity contribution in [2.24, 2.45) is 56.7 Å². The normalized spacial score (nSPS) is 41.2. The smallest absolute Gasteiger partial charge is 0.432 e. The molecule has 312 valence electrons. The largest absolute Gasteiger partial charge is 0.465 e. The van der Waals surface area contributed by atoms with Gasteiger partial charge in [-0.1, -0.05) is 90.4 Å². The van der Waals surface area contributed by atoms with Crippen molar-refractivity contribution >= 4 is 17.9 Å². The average Bonchev–Trinajstić information content (AvgIpc) is 3.43. The standard InChI is InChI=1S/C44H61F3O9/c1-24(2)29-20-31(56-37(52)43(53-10,44(45,46)47)27-14-12-11-13-15-27)35-41(9)17-16-28-34(40(41,8)18-19-42(29,35)23-54-25(3)48)30(50)21-33-38(5,6)36(51)32(55-26(4)49)22-39(28,33)7/h11-16,24,29-36,50-51H,17-23H2,1-10H3/t29-,30-,31+,32+,33-,34-,35+,36-,39+,40-,41+,42+,43-/m0/s1.